The van der Waals surface area contributed by atoms with Crippen molar-refractivity contribution in [3.05, 3.63) is 30.1 Å². The SMILES string of the molecule is CC(C)(C)OC(=O)N1CCC(CNc2cccc(F)c2)CC1. The molecule has 0 aromatic heterocycles. The number of halogens is 1. The zero-order chi connectivity index (χ0) is 16.2. The monoisotopic (exact) mass is 308 g/mol. The van der Waals surface area contributed by atoms with Crippen LogP contribution >= 0.6 is 0 Å². The lowest BCUT2D eigenvalue weighted by molar-refractivity contribution is 0.0188. The molecule has 1 fully saturated rings. The summed E-state index contributed by atoms with van der Waals surface area (Å²) >= 11 is 0. The van der Waals surface area contributed by atoms with E-state index in [0.717, 1.165) is 25.1 Å². The molecular formula is C17H25FN2O2. The van der Waals surface area contributed by atoms with E-state index in [1.54, 1.807) is 11.0 Å². The van der Waals surface area contributed by atoms with Crippen molar-refractivity contribution in [1.82, 2.24) is 4.90 Å². The first-order chi connectivity index (χ1) is 10.3. The average Bonchev–Trinajstić information content (AvgIpc) is 2.44. The predicted molar refractivity (Wildman–Crippen MR) is 85.4 cm³/mol. The van der Waals surface area contributed by atoms with E-state index >= 15 is 0 Å². The number of hydrogen-bond donors (Lipinski definition) is 1. The Morgan fingerprint density at radius 3 is 2.64 bits per heavy atom. The van der Waals surface area contributed by atoms with Crippen molar-refractivity contribution in [2.24, 2.45) is 5.92 Å². The smallest absolute Gasteiger partial charge is 0.410 e. The summed E-state index contributed by atoms with van der Waals surface area (Å²) in [4.78, 5) is 13.8. The molecule has 1 aliphatic rings. The Hall–Kier alpha value is -1.78. The lowest BCUT2D eigenvalue weighted by Gasteiger charge is -2.33. The number of rotatable bonds is 3. The maximum atomic E-state index is 13.1. The van der Waals surface area contributed by atoms with E-state index in [-0.39, 0.29) is 11.9 Å². The average molecular weight is 308 g/mol. The molecule has 1 aromatic carbocycles. The first kappa shape index (κ1) is 16.6. The Balaban J connectivity index is 1.74. The number of amides is 1. The predicted octanol–water partition coefficient (Wildman–Crippen LogP) is 3.88. The Morgan fingerprint density at radius 1 is 1.36 bits per heavy atom. The van der Waals surface area contributed by atoms with E-state index in [4.69, 9.17) is 4.74 Å². The van der Waals surface area contributed by atoms with E-state index in [1.165, 1.54) is 12.1 Å². The van der Waals surface area contributed by atoms with Crippen molar-refractivity contribution < 1.29 is 13.9 Å². The first-order valence-corrected chi connectivity index (χ1v) is 7.81. The second-order valence-electron chi connectivity index (χ2n) is 6.80. The number of anilines is 1. The molecule has 0 atom stereocenters. The van der Waals surface area contributed by atoms with Gasteiger partial charge in [-0.05, 0) is 57.7 Å². The van der Waals surface area contributed by atoms with Crippen molar-refractivity contribution in [3.63, 3.8) is 0 Å². The third kappa shape index (κ3) is 5.20. The third-order valence-corrected chi connectivity index (χ3v) is 3.69. The largest absolute Gasteiger partial charge is 0.444 e. The Labute approximate surface area is 131 Å². The standard InChI is InChI=1S/C17H25FN2O2/c1-17(2,3)22-16(21)20-9-7-13(8-10-20)12-19-15-6-4-5-14(18)11-15/h4-6,11,13,19H,7-10,12H2,1-3H3. The van der Waals surface area contributed by atoms with Gasteiger partial charge in [-0.25, -0.2) is 9.18 Å². The van der Waals surface area contributed by atoms with Crippen LogP contribution in [0, 0.1) is 11.7 Å². The van der Waals surface area contributed by atoms with Gasteiger partial charge in [-0.2, -0.15) is 0 Å². The van der Waals surface area contributed by atoms with Crippen molar-refractivity contribution in [2.45, 2.75) is 39.2 Å². The van der Waals surface area contributed by atoms with Crippen molar-refractivity contribution in [3.8, 4) is 0 Å². The van der Waals surface area contributed by atoms with Crippen LogP contribution in [0.2, 0.25) is 0 Å². The Morgan fingerprint density at radius 2 is 2.05 bits per heavy atom. The van der Waals surface area contributed by atoms with E-state index in [1.807, 2.05) is 26.8 Å². The van der Waals surface area contributed by atoms with Crippen LogP contribution in [0.25, 0.3) is 0 Å². The Kier molecular flexibility index (Phi) is 5.27. The van der Waals surface area contributed by atoms with Gasteiger partial charge >= 0.3 is 6.09 Å². The molecule has 122 valence electrons. The van der Waals surface area contributed by atoms with Crippen LogP contribution in [-0.4, -0.2) is 36.2 Å². The number of ether oxygens (including phenoxy) is 1. The van der Waals surface area contributed by atoms with Gasteiger partial charge in [-0.3, -0.25) is 0 Å². The molecule has 1 amide bonds. The van der Waals surface area contributed by atoms with Gasteiger partial charge in [-0.15, -0.1) is 0 Å². The minimum atomic E-state index is -0.452. The van der Waals surface area contributed by atoms with Gasteiger partial charge in [0.1, 0.15) is 11.4 Å². The number of nitrogens with zero attached hydrogens (tertiary/aromatic N) is 1. The highest BCUT2D eigenvalue weighted by Gasteiger charge is 2.26. The molecule has 1 aliphatic heterocycles. The van der Waals surface area contributed by atoms with Crippen LogP contribution in [0.5, 0.6) is 0 Å². The second kappa shape index (κ2) is 6.99. The molecule has 0 aliphatic carbocycles. The minimum Gasteiger partial charge on any atom is -0.444 e. The summed E-state index contributed by atoms with van der Waals surface area (Å²) in [5.41, 5.74) is 0.349. The van der Waals surface area contributed by atoms with Crippen LogP contribution < -0.4 is 5.32 Å². The molecule has 1 heterocycles. The van der Waals surface area contributed by atoms with Crippen molar-refractivity contribution >= 4 is 11.8 Å². The molecule has 5 heteroatoms. The summed E-state index contributed by atoms with van der Waals surface area (Å²) in [5.74, 6) is 0.256. The summed E-state index contributed by atoms with van der Waals surface area (Å²) in [6.07, 6.45) is 1.63. The molecule has 2 rings (SSSR count). The minimum absolute atomic E-state index is 0.232. The quantitative estimate of drug-likeness (QED) is 0.921. The van der Waals surface area contributed by atoms with Gasteiger partial charge in [0.05, 0.1) is 0 Å². The van der Waals surface area contributed by atoms with Crippen LogP contribution in [-0.2, 0) is 4.74 Å². The number of likely N-dealkylation sites (tertiary alicyclic amines) is 1. The van der Waals surface area contributed by atoms with Gasteiger partial charge in [0.15, 0.2) is 0 Å². The van der Waals surface area contributed by atoms with Crippen molar-refractivity contribution in [2.75, 3.05) is 25.0 Å². The summed E-state index contributed by atoms with van der Waals surface area (Å²) in [6, 6.07) is 6.49. The third-order valence-electron chi connectivity index (χ3n) is 3.69. The second-order valence-corrected chi connectivity index (χ2v) is 6.80. The highest BCUT2D eigenvalue weighted by atomic mass is 19.1. The lowest BCUT2D eigenvalue weighted by atomic mass is 9.97. The van der Waals surface area contributed by atoms with Gasteiger partial charge in [0.2, 0.25) is 0 Å². The summed E-state index contributed by atoms with van der Waals surface area (Å²) in [6.45, 7) is 7.85. The number of nitrogens with one attached hydrogen (secondary N) is 1. The van der Waals surface area contributed by atoms with Crippen LogP contribution in [0.4, 0.5) is 14.9 Å². The summed E-state index contributed by atoms with van der Waals surface area (Å²) < 4.78 is 18.5. The number of carbonyl (C=O) groups excluding carboxylic acids is 1. The van der Waals surface area contributed by atoms with Crippen LogP contribution in [0.3, 0.4) is 0 Å². The lowest BCUT2D eigenvalue weighted by Crippen LogP contribution is -2.42. The molecule has 0 unspecified atom stereocenters. The van der Waals surface area contributed by atoms with Crippen molar-refractivity contribution in [1.29, 1.82) is 0 Å². The number of benzene rings is 1. The molecular weight excluding hydrogens is 283 g/mol. The van der Waals surface area contributed by atoms with E-state index in [9.17, 15) is 9.18 Å². The molecule has 22 heavy (non-hydrogen) atoms. The number of carbonyl (C=O) groups is 1. The zero-order valence-corrected chi connectivity index (χ0v) is 13.6. The van der Waals surface area contributed by atoms with E-state index < -0.39 is 5.60 Å². The molecule has 1 saturated heterocycles. The molecule has 0 bridgehead atoms. The molecule has 1 N–H and O–H groups in total. The molecule has 4 nitrogen and oxygen atoms in total. The maximum absolute atomic E-state index is 13.1. The summed E-state index contributed by atoms with van der Waals surface area (Å²) in [5, 5.41) is 3.26. The fraction of sp³-hybridized carbons (Fsp3) is 0.588. The molecule has 0 saturated carbocycles. The fourth-order valence-corrected chi connectivity index (χ4v) is 2.51. The zero-order valence-electron chi connectivity index (χ0n) is 13.6. The van der Waals surface area contributed by atoms with Gasteiger partial charge in [0, 0.05) is 25.3 Å². The maximum Gasteiger partial charge on any atom is 0.410 e. The Bertz CT molecular complexity index is 506. The topological polar surface area (TPSA) is 41.6 Å². The van der Waals surface area contributed by atoms with Crippen LogP contribution in [0.15, 0.2) is 24.3 Å². The van der Waals surface area contributed by atoms with Gasteiger partial charge in [0.25, 0.3) is 0 Å². The van der Waals surface area contributed by atoms with Gasteiger partial charge < -0.3 is 15.0 Å². The molecule has 1 aromatic rings. The molecule has 0 radical (unpaired) electrons. The van der Waals surface area contributed by atoms with Gasteiger partial charge in [-0.1, -0.05) is 6.07 Å². The normalized spacial score (nSPS) is 16.5. The molecule has 0 spiro atoms. The number of piperidine rings is 1. The number of hydrogen-bond acceptors (Lipinski definition) is 3. The van der Waals surface area contributed by atoms with E-state index in [2.05, 4.69) is 5.32 Å². The fourth-order valence-electron chi connectivity index (χ4n) is 2.51. The van der Waals surface area contributed by atoms with Crippen LogP contribution in [0.1, 0.15) is 33.6 Å². The first-order valence-electron chi connectivity index (χ1n) is 7.81. The summed E-state index contributed by atoms with van der Waals surface area (Å²) in [7, 11) is 0. The van der Waals surface area contributed by atoms with E-state index in [0.29, 0.717) is 19.0 Å². The highest BCUT2D eigenvalue weighted by Crippen LogP contribution is 2.20. The highest BCUT2D eigenvalue weighted by molar-refractivity contribution is 5.68.